The molecule has 0 spiro atoms. The van der Waals surface area contributed by atoms with Gasteiger partial charge in [-0.2, -0.15) is 5.26 Å². The molecule has 0 saturated heterocycles. The Balaban J connectivity index is 1.74. The minimum Gasteiger partial charge on any atom is -0.487 e. The number of non-ortho nitro benzene ring substituents is 1. The molecule has 0 amide bonds. The minimum absolute atomic E-state index is 0.00726. The van der Waals surface area contributed by atoms with Crippen LogP contribution in [0.3, 0.4) is 0 Å². The van der Waals surface area contributed by atoms with Gasteiger partial charge in [0.1, 0.15) is 18.2 Å². The molecule has 9 nitrogen and oxygen atoms in total. The Labute approximate surface area is 243 Å². The summed E-state index contributed by atoms with van der Waals surface area (Å²) in [4.78, 5) is 26.1. The van der Waals surface area contributed by atoms with Crippen molar-refractivity contribution < 1.29 is 19.2 Å². The average molecular weight is 660 g/mol. The first-order valence-corrected chi connectivity index (χ1v) is 13.8. The maximum atomic E-state index is 13.6. The van der Waals surface area contributed by atoms with E-state index in [2.05, 4.69) is 51.8 Å². The van der Waals surface area contributed by atoms with Crippen LogP contribution in [0.4, 0.5) is 5.69 Å². The molecular formula is C28H28Br2N4O5. The van der Waals surface area contributed by atoms with Crippen molar-refractivity contribution >= 4 is 43.3 Å². The molecular weight excluding hydrogens is 632 g/mol. The number of nitro groups is 1. The van der Waals surface area contributed by atoms with E-state index >= 15 is 0 Å². The van der Waals surface area contributed by atoms with Crippen molar-refractivity contribution in [2.45, 2.75) is 39.2 Å². The molecule has 0 saturated carbocycles. The van der Waals surface area contributed by atoms with Crippen LogP contribution in [-0.4, -0.2) is 35.9 Å². The summed E-state index contributed by atoms with van der Waals surface area (Å²) in [6.45, 7) is 5.04. The molecule has 1 aliphatic carbocycles. The third-order valence-electron chi connectivity index (χ3n) is 6.86. The average Bonchev–Trinajstić information content (AvgIpc) is 2.86. The van der Waals surface area contributed by atoms with E-state index in [-0.39, 0.29) is 23.5 Å². The molecule has 204 valence electrons. The monoisotopic (exact) mass is 658 g/mol. The summed E-state index contributed by atoms with van der Waals surface area (Å²) in [5, 5.41) is 21.3. The van der Waals surface area contributed by atoms with Crippen molar-refractivity contribution in [3.8, 4) is 11.8 Å². The van der Waals surface area contributed by atoms with Gasteiger partial charge in [-0.1, -0.05) is 26.0 Å². The zero-order chi connectivity index (χ0) is 28.5. The molecule has 2 aromatic carbocycles. The quantitative estimate of drug-likeness (QED) is 0.266. The molecule has 1 aliphatic heterocycles. The van der Waals surface area contributed by atoms with E-state index in [0.29, 0.717) is 68.8 Å². The van der Waals surface area contributed by atoms with E-state index in [0.717, 1.165) is 5.70 Å². The summed E-state index contributed by atoms with van der Waals surface area (Å²) in [6.07, 6.45) is 1.01. The lowest BCUT2D eigenvalue weighted by Crippen LogP contribution is -2.43. The van der Waals surface area contributed by atoms with Gasteiger partial charge in [0.25, 0.3) is 5.69 Å². The predicted octanol–water partition coefficient (Wildman–Crippen LogP) is 6.08. The molecule has 0 aromatic heterocycles. The number of nitriles is 1. The highest BCUT2D eigenvalue weighted by molar-refractivity contribution is 9.11. The summed E-state index contributed by atoms with van der Waals surface area (Å²) in [5.41, 5.74) is 9.39. The van der Waals surface area contributed by atoms with Gasteiger partial charge in [-0.15, -0.1) is 0 Å². The van der Waals surface area contributed by atoms with Gasteiger partial charge in [0.2, 0.25) is 0 Å². The number of hydrogen-bond acceptors (Lipinski definition) is 8. The Hall–Kier alpha value is -3.20. The number of allylic oxidation sites excluding steroid dienone is 3. The number of carbonyl (C=O) groups is 1. The molecule has 0 bridgehead atoms. The van der Waals surface area contributed by atoms with Gasteiger partial charge in [0.05, 0.1) is 38.0 Å². The molecule has 4 rings (SSSR count). The molecule has 2 aliphatic rings. The Morgan fingerprint density at radius 2 is 1.92 bits per heavy atom. The largest absolute Gasteiger partial charge is 0.487 e. The molecule has 39 heavy (non-hydrogen) atoms. The van der Waals surface area contributed by atoms with E-state index in [1.807, 2.05) is 17.0 Å². The SMILES string of the molecule is COCCN1C(N)=C(C#N)[C@H](c2cc(Br)c(OCc3cccc([N+](=O)[O-])c3)c(Br)c2)C2=C1CC(C)(C)CC2=O. The van der Waals surface area contributed by atoms with Gasteiger partial charge < -0.3 is 20.1 Å². The lowest BCUT2D eigenvalue weighted by Gasteiger charge is -2.43. The Bertz CT molecular complexity index is 1420. The zero-order valence-corrected chi connectivity index (χ0v) is 25.0. The van der Waals surface area contributed by atoms with Crippen LogP contribution in [0.5, 0.6) is 5.75 Å². The Morgan fingerprint density at radius 1 is 1.23 bits per heavy atom. The van der Waals surface area contributed by atoms with Crippen molar-refractivity contribution in [1.82, 2.24) is 4.90 Å². The number of methoxy groups -OCH3 is 1. The smallest absolute Gasteiger partial charge is 0.269 e. The van der Waals surface area contributed by atoms with Gasteiger partial charge in [-0.3, -0.25) is 14.9 Å². The van der Waals surface area contributed by atoms with Gasteiger partial charge in [-0.05, 0) is 67.0 Å². The number of carbonyl (C=O) groups excluding carboxylic acids is 1. The first-order valence-electron chi connectivity index (χ1n) is 12.2. The van der Waals surface area contributed by atoms with Crippen LogP contribution in [0.2, 0.25) is 0 Å². The van der Waals surface area contributed by atoms with E-state index < -0.39 is 10.8 Å². The van der Waals surface area contributed by atoms with Crippen molar-refractivity contribution in [2.24, 2.45) is 11.1 Å². The van der Waals surface area contributed by atoms with E-state index in [4.69, 9.17) is 15.2 Å². The van der Waals surface area contributed by atoms with Crippen LogP contribution in [0.25, 0.3) is 0 Å². The van der Waals surface area contributed by atoms with Gasteiger partial charge in [-0.25, -0.2) is 0 Å². The molecule has 1 heterocycles. The van der Waals surface area contributed by atoms with E-state index in [1.165, 1.54) is 12.1 Å². The molecule has 0 unspecified atom stereocenters. The number of rotatable bonds is 8. The number of hydrogen-bond donors (Lipinski definition) is 1. The zero-order valence-electron chi connectivity index (χ0n) is 21.8. The van der Waals surface area contributed by atoms with Crippen LogP contribution in [0.15, 0.2) is 68.0 Å². The lowest BCUT2D eigenvalue weighted by molar-refractivity contribution is -0.384. The molecule has 2 N–H and O–H groups in total. The summed E-state index contributed by atoms with van der Waals surface area (Å²) in [6, 6.07) is 12.2. The third kappa shape index (κ3) is 5.88. The highest BCUT2D eigenvalue weighted by Crippen LogP contribution is 2.50. The van der Waals surface area contributed by atoms with Gasteiger partial charge in [0, 0.05) is 43.5 Å². The summed E-state index contributed by atoms with van der Waals surface area (Å²) in [5.74, 6) is 0.170. The number of halogens is 2. The second-order valence-electron chi connectivity index (χ2n) is 10.3. The summed E-state index contributed by atoms with van der Waals surface area (Å²) in [7, 11) is 1.60. The predicted molar refractivity (Wildman–Crippen MR) is 152 cm³/mol. The van der Waals surface area contributed by atoms with Crippen molar-refractivity contribution in [2.75, 3.05) is 20.3 Å². The van der Waals surface area contributed by atoms with Crippen LogP contribution >= 0.6 is 31.9 Å². The highest BCUT2D eigenvalue weighted by Gasteiger charge is 2.44. The molecule has 0 radical (unpaired) electrons. The maximum absolute atomic E-state index is 13.6. The fourth-order valence-corrected chi connectivity index (χ4v) is 6.60. The second kappa shape index (κ2) is 11.5. The first-order chi connectivity index (χ1) is 18.5. The number of ketones is 1. The standard InChI is InChI=1S/C28H28Br2N4O5/c1-28(2)12-22-25(23(35)13-28)24(19(14-31)27(32)33(22)7-8-38-3)17-10-20(29)26(21(30)11-17)39-15-16-5-4-6-18(9-16)34(36)37/h4-6,9-11,24H,7-8,12-13,15,32H2,1-3H3/t24-/m0/s1. The molecule has 1 atom stereocenters. The Kier molecular flexibility index (Phi) is 8.49. The fourth-order valence-electron chi connectivity index (χ4n) is 5.15. The number of nitrogens with zero attached hydrogens (tertiary/aromatic N) is 3. The van der Waals surface area contributed by atoms with E-state index in [9.17, 15) is 20.2 Å². The van der Waals surface area contributed by atoms with Crippen LogP contribution < -0.4 is 10.5 Å². The number of benzene rings is 2. The van der Waals surface area contributed by atoms with Crippen molar-refractivity contribution in [1.29, 1.82) is 5.26 Å². The maximum Gasteiger partial charge on any atom is 0.269 e. The summed E-state index contributed by atoms with van der Waals surface area (Å²) < 4.78 is 12.5. The normalized spacial score (nSPS) is 18.6. The van der Waals surface area contributed by atoms with Crippen LogP contribution in [0.1, 0.15) is 43.7 Å². The third-order valence-corrected chi connectivity index (χ3v) is 8.04. The minimum atomic E-state index is -0.634. The van der Waals surface area contributed by atoms with Crippen LogP contribution in [0, 0.1) is 26.9 Å². The van der Waals surface area contributed by atoms with Gasteiger partial charge >= 0.3 is 0 Å². The number of ether oxygens (including phenoxy) is 2. The fraction of sp³-hybridized carbons (Fsp3) is 0.357. The van der Waals surface area contributed by atoms with Crippen LogP contribution in [-0.2, 0) is 16.1 Å². The first kappa shape index (κ1) is 28.8. The number of nitro benzene ring substituents is 1. The number of Topliss-reactive ketones (excluding diaryl/α,β-unsaturated/α-hetero) is 1. The summed E-state index contributed by atoms with van der Waals surface area (Å²) >= 11 is 7.16. The van der Waals surface area contributed by atoms with E-state index in [1.54, 1.807) is 19.2 Å². The van der Waals surface area contributed by atoms with Crippen molar-refractivity contribution in [3.05, 3.63) is 89.2 Å². The lowest BCUT2D eigenvalue weighted by atomic mass is 9.68. The molecule has 0 fully saturated rings. The highest BCUT2D eigenvalue weighted by atomic mass is 79.9. The Morgan fingerprint density at radius 3 is 2.54 bits per heavy atom. The second-order valence-corrected chi connectivity index (χ2v) is 12.0. The topological polar surface area (TPSA) is 132 Å². The van der Waals surface area contributed by atoms with Crippen molar-refractivity contribution in [3.63, 3.8) is 0 Å². The molecule has 2 aromatic rings. The molecule has 11 heteroatoms. The van der Waals surface area contributed by atoms with Gasteiger partial charge in [0.15, 0.2) is 5.78 Å². The number of nitrogens with two attached hydrogens (primary N) is 1.